The molecule has 0 fully saturated rings. The molecule has 1 amide bonds. The second-order valence-corrected chi connectivity index (χ2v) is 6.26. The molecular weight excluding hydrogens is 256 g/mol. The summed E-state index contributed by atoms with van der Waals surface area (Å²) >= 11 is 0. The second-order valence-electron chi connectivity index (χ2n) is 6.26. The van der Waals surface area contributed by atoms with Crippen molar-refractivity contribution in [3.05, 3.63) is 17.0 Å². The molecule has 20 heavy (non-hydrogen) atoms. The first-order chi connectivity index (χ1) is 9.28. The molecule has 1 N–H and O–H groups in total. The lowest BCUT2D eigenvalue weighted by molar-refractivity contribution is 0.0282. The summed E-state index contributed by atoms with van der Waals surface area (Å²) in [5.41, 5.74) is 2.95. The van der Waals surface area contributed by atoms with Gasteiger partial charge in [0, 0.05) is 44.9 Å². The Balaban J connectivity index is 2.08. The molecule has 1 aliphatic rings. The summed E-state index contributed by atoms with van der Waals surface area (Å²) < 4.78 is 7.28. The van der Waals surface area contributed by atoms with Crippen LogP contribution in [0.1, 0.15) is 37.7 Å². The molecule has 6 heteroatoms. The van der Waals surface area contributed by atoms with Crippen LogP contribution in [0.15, 0.2) is 0 Å². The van der Waals surface area contributed by atoms with Crippen LogP contribution in [0.4, 0.5) is 4.79 Å². The predicted molar refractivity (Wildman–Crippen MR) is 76.3 cm³/mol. The number of aromatic nitrogens is 2. The quantitative estimate of drug-likeness (QED) is 0.890. The van der Waals surface area contributed by atoms with Crippen molar-refractivity contribution in [2.75, 3.05) is 13.6 Å². The maximum absolute atomic E-state index is 12.0. The van der Waals surface area contributed by atoms with Crippen molar-refractivity contribution in [2.45, 2.75) is 45.9 Å². The molecule has 0 atom stereocenters. The van der Waals surface area contributed by atoms with E-state index in [0.717, 1.165) is 25.2 Å². The molecule has 1 aromatic rings. The highest BCUT2D eigenvalue weighted by atomic mass is 16.6. The number of hydrogen-bond acceptors (Lipinski definition) is 4. The first-order valence-corrected chi connectivity index (χ1v) is 6.96. The predicted octanol–water partition coefficient (Wildman–Crippen LogP) is 1.43. The molecule has 0 aliphatic carbocycles. The maximum Gasteiger partial charge on any atom is 0.410 e. The van der Waals surface area contributed by atoms with E-state index in [1.807, 2.05) is 32.5 Å². The van der Waals surface area contributed by atoms with Crippen LogP contribution in [0, 0.1) is 0 Å². The molecule has 2 heterocycles. The SMILES string of the molecule is CN(Cc1nn(C)c2c1CNCC2)C(=O)OC(C)(C)C. The van der Waals surface area contributed by atoms with Crippen LogP contribution in [-0.2, 0) is 31.3 Å². The van der Waals surface area contributed by atoms with Gasteiger partial charge in [0.05, 0.1) is 12.2 Å². The lowest BCUT2D eigenvalue weighted by Crippen LogP contribution is -2.34. The van der Waals surface area contributed by atoms with Crippen LogP contribution in [0.25, 0.3) is 0 Å². The van der Waals surface area contributed by atoms with Gasteiger partial charge in [0.1, 0.15) is 5.60 Å². The minimum atomic E-state index is -0.476. The van der Waals surface area contributed by atoms with Gasteiger partial charge >= 0.3 is 6.09 Å². The Morgan fingerprint density at radius 1 is 1.50 bits per heavy atom. The fraction of sp³-hybridized carbons (Fsp3) is 0.714. The van der Waals surface area contributed by atoms with Gasteiger partial charge in [-0.3, -0.25) is 4.68 Å². The summed E-state index contributed by atoms with van der Waals surface area (Å²) in [6.45, 7) is 7.87. The number of carbonyl (C=O) groups is 1. The summed E-state index contributed by atoms with van der Waals surface area (Å²) in [7, 11) is 3.70. The van der Waals surface area contributed by atoms with E-state index in [9.17, 15) is 4.79 Å². The van der Waals surface area contributed by atoms with Crippen molar-refractivity contribution >= 4 is 6.09 Å². The van der Waals surface area contributed by atoms with Crippen molar-refractivity contribution in [1.82, 2.24) is 20.0 Å². The van der Waals surface area contributed by atoms with E-state index in [1.54, 1.807) is 11.9 Å². The van der Waals surface area contributed by atoms with Crippen molar-refractivity contribution in [1.29, 1.82) is 0 Å². The van der Waals surface area contributed by atoms with E-state index in [0.29, 0.717) is 6.54 Å². The molecule has 6 nitrogen and oxygen atoms in total. The number of aryl methyl sites for hydroxylation is 1. The van der Waals surface area contributed by atoms with Gasteiger partial charge in [-0.15, -0.1) is 0 Å². The standard InChI is InChI=1S/C14H24N4O2/c1-14(2,3)20-13(19)17(4)9-11-10-8-15-7-6-12(10)18(5)16-11/h15H,6-9H2,1-5H3. The van der Waals surface area contributed by atoms with E-state index in [4.69, 9.17) is 4.74 Å². The van der Waals surface area contributed by atoms with Gasteiger partial charge in [0.25, 0.3) is 0 Å². The number of ether oxygens (including phenoxy) is 1. The smallest absolute Gasteiger partial charge is 0.410 e. The van der Waals surface area contributed by atoms with E-state index in [-0.39, 0.29) is 6.09 Å². The van der Waals surface area contributed by atoms with Gasteiger partial charge in [-0.2, -0.15) is 5.10 Å². The van der Waals surface area contributed by atoms with Gasteiger partial charge in [-0.05, 0) is 20.8 Å². The zero-order valence-corrected chi connectivity index (χ0v) is 13.0. The minimum absolute atomic E-state index is 0.319. The molecule has 112 valence electrons. The summed E-state index contributed by atoms with van der Waals surface area (Å²) in [4.78, 5) is 13.6. The third-order valence-electron chi connectivity index (χ3n) is 3.29. The molecule has 0 saturated heterocycles. The third kappa shape index (κ3) is 3.30. The Hall–Kier alpha value is -1.56. The molecule has 1 aromatic heterocycles. The number of nitrogens with one attached hydrogen (secondary N) is 1. The largest absolute Gasteiger partial charge is 0.444 e. The van der Waals surface area contributed by atoms with Crippen molar-refractivity contribution in [3.8, 4) is 0 Å². The van der Waals surface area contributed by atoms with Gasteiger partial charge in [-0.25, -0.2) is 4.79 Å². The lowest BCUT2D eigenvalue weighted by atomic mass is 10.1. The molecule has 0 bridgehead atoms. The fourth-order valence-electron chi connectivity index (χ4n) is 2.36. The normalized spacial score (nSPS) is 14.8. The molecule has 0 spiro atoms. The molecule has 2 rings (SSSR count). The summed E-state index contributed by atoms with van der Waals surface area (Å²) in [5, 5.41) is 7.89. The van der Waals surface area contributed by atoms with Crippen molar-refractivity contribution in [3.63, 3.8) is 0 Å². The summed E-state index contributed by atoms with van der Waals surface area (Å²) in [6, 6.07) is 0. The number of rotatable bonds is 2. The number of hydrogen-bond donors (Lipinski definition) is 1. The minimum Gasteiger partial charge on any atom is -0.444 e. The van der Waals surface area contributed by atoms with Crippen molar-refractivity contribution < 1.29 is 9.53 Å². The first kappa shape index (κ1) is 14.8. The first-order valence-electron chi connectivity index (χ1n) is 6.96. The van der Waals surface area contributed by atoms with Crippen LogP contribution < -0.4 is 5.32 Å². The van der Waals surface area contributed by atoms with Gasteiger partial charge in [0.2, 0.25) is 0 Å². The molecule has 1 aliphatic heterocycles. The van der Waals surface area contributed by atoms with Gasteiger partial charge in [-0.1, -0.05) is 0 Å². The van der Waals surface area contributed by atoms with Crippen LogP contribution in [0.3, 0.4) is 0 Å². The summed E-state index contributed by atoms with van der Waals surface area (Å²) in [6.07, 6.45) is 0.662. The highest BCUT2D eigenvalue weighted by Crippen LogP contribution is 2.19. The Labute approximate surface area is 120 Å². The van der Waals surface area contributed by atoms with Crippen LogP contribution >= 0.6 is 0 Å². The molecule has 0 saturated carbocycles. The Bertz CT molecular complexity index is 502. The van der Waals surface area contributed by atoms with Crippen LogP contribution in [0.2, 0.25) is 0 Å². The number of amides is 1. The van der Waals surface area contributed by atoms with E-state index in [2.05, 4.69) is 10.4 Å². The summed E-state index contributed by atoms with van der Waals surface area (Å²) in [5.74, 6) is 0. The Morgan fingerprint density at radius 2 is 2.20 bits per heavy atom. The Morgan fingerprint density at radius 3 is 2.85 bits per heavy atom. The van der Waals surface area contributed by atoms with Crippen LogP contribution in [0.5, 0.6) is 0 Å². The monoisotopic (exact) mass is 280 g/mol. The molecule has 0 unspecified atom stereocenters. The van der Waals surface area contributed by atoms with Crippen molar-refractivity contribution in [2.24, 2.45) is 7.05 Å². The molecule has 0 radical (unpaired) electrons. The lowest BCUT2D eigenvalue weighted by Gasteiger charge is -2.24. The number of nitrogens with zero attached hydrogens (tertiary/aromatic N) is 3. The van der Waals surface area contributed by atoms with E-state index < -0.39 is 5.60 Å². The zero-order valence-electron chi connectivity index (χ0n) is 13.0. The Kier molecular flexibility index (Phi) is 4.04. The average Bonchev–Trinajstić information content (AvgIpc) is 2.65. The van der Waals surface area contributed by atoms with Gasteiger partial charge in [0.15, 0.2) is 0 Å². The fourth-order valence-corrected chi connectivity index (χ4v) is 2.36. The van der Waals surface area contributed by atoms with E-state index in [1.165, 1.54) is 11.3 Å². The highest BCUT2D eigenvalue weighted by molar-refractivity contribution is 5.67. The number of carbonyl (C=O) groups excluding carboxylic acids is 1. The average molecular weight is 280 g/mol. The molecule has 0 aromatic carbocycles. The van der Waals surface area contributed by atoms with E-state index >= 15 is 0 Å². The highest BCUT2D eigenvalue weighted by Gasteiger charge is 2.24. The molecular formula is C14H24N4O2. The van der Waals surface area contributed by atoms with Crippen LogP contribution in [-0.4, -0.2) is 40.0 Å². The maximum atomic E-state index is 12.0. The topological polar surface area (TPSA) is 59.4 Å². The van der Waals surface area contributed by atoms with Gasteiger partial charge < -0.3 is 15.0 Å². The zero-order chi connectivity index (χ0) is 14.9. The third-order valence-corrected chi connectivity index (χ3v) is 3.29. The number of fused-ring (bicyclic) bond motifs is 1. The second kappa shape index (κ2) is 5.44.